The Labute approximate surface area is 143 Å². The zero-order valence-electron chi connectivity index (χ0n) is 12.4. The highest BCUT2D eigenvalue weighted by atomic mass is 35.5. The molecule has 7 heteroatoms. The third kappa shape index (κ3) is 6.00. The molecule has 0 aliphatic heterocycles. The van der Waals surface area contributed by atoms with E-state index in [2.05, 4.69) is 10.3 Å². The van der Waals surface area contributed by atoms with Gasteiger partial charge in [-0.05, 0) is 25.0 Å². The molecule has 2 aromatic rings. The molecule has 0 saturated heterocycles. The highest BCUT2D eigenvalue weighted by Gasteiger charge is 2.09. The van der Waals surface area contributed by atoms with E-state index >= 15 is 0 Å². The lowest BCUT2D eigenvalue weighted by atomic mass is 10.2. The molecule has 23 heavy (non-hydrogen) atoms. The van der Waals surface area contributed by atoms with Gasteiger partial charge in [-0.1, -0.05) is 23.7 Å². The Morgan fingerprint density at radius 1 is 1.22 bits per heavy atom. The molecule has 1 amide bonds. The topological polar surface area (TPSA) is 79.3 Å². The molecule has 0 radical (unpaired) electrons. The molecule has 2 rings (SSSR count). The Bertz CT molecular complexity index is 670. The van der Waals surface area contributed by atoms with Gasteiger partial charge in [-0.15, -0.1) is 11.3 Å². The van der Waals surface area contributed by atoms with Crippen LogP contribution in [0.3, 0.4) is 0 Å². The molecule has 1 heterocycles. The number of rotatable bonds is 8. The van der Waals surface area contributed by atoms with Crippen LogP contribution in [0.1, 0.15) is 25.0 Å². The monoisotopic (exact) mass is 352 g/mol. The number of nitrogens with zero attached hydrogens (tertiary/aromatic N) is 1. The third-order valence-electron chi connectivity index (χ3n) is 3.12. The molecule has 5 nitrogen and oxygen atoms in total. The fourth-order valence-electron chi connectivity index (χ4n) is 1.97. The Morgan fingerprint density at radius 2 is 1.96 bits per heavy atom. The number of thiazole rings is 1. The Kier molecular flexibility index (Phi) is 6.55. The van der Waals surface area contributed by atoms with Crippen molar-refractivity contribution >= 4 is 34.8 Å². The number of carbonyl (C=O) groups excluding carboxylic acids is 1. The first-order valence-electron chi connectivity index (χ1n) is 7.23. The lowest BCUT2D eigenvalue weighted by Crippen LogP contribution is -2.26. The number of halogens is 1. The summed E-state index contributed by atoms with van der Waals surface area (Å²) in [6.07, 6.45) is 1.58. The third-order valence-corrected chi connectivity index (χ3v) is 4.32. The zero-order chi connectivity index (χ0) is 16.7. The first kappa shape index (κ1) is 17.4. The number of hydrogen-bond donors (Lipinski definition) is 2. The number of amides is 1. The van der Waals surface area contributed by atoms with Gasteiger partial charge in [0.25, 0.3) is 0 Å². The van der Waals surface area contributed by atoms with Crippen molar-refractivity contribution in [1.29, 1.82) is 0 Å². The van der Waals surface area contributed by atoms with E-state index in [9.17, 15) is 9.59 Å². The lowest BCUT2D eigenvalue weighted by molar-refractivity contribution is -0.137. The molecule has 0 atom stereocenters. The molecular formula is C16H17ClN2O3S. The van der Waals surface area contributed by atoms with Gasteiger partial charge < -0.3 is 10.4 Å². The van der Waals surface area contributed by atoms with E-state index < -0.39 is 5.97 Å². The molecule has 1 aromatic heterocycles. The summed E-state index contributed by atoms with van der Waals surface area (Å²) in [4.78, 5) is 26.6. The number of nitrogens with one attached hydrogen (secondary N) is 1. The number of aliphatic carboxylic acids is 1. The minimum Gasteiger partial charge on any atom is -0.481 e. The maximum absolute atomic E-state index is 11.8. The van der Waals surface area contributed by atoms with Crippen molar-refractivity contribution in [3.63, 3.8) is 0 Å². The van der Waals surface area contributed by atoms with Crippen molar-refractivity contribution in [1.82, 2.24) is 10.3 Å². The molecule has 0 bridgehead atoms. The highest BCUT2D eigenvalue weighted by molar-refractivity contribution is 7.13. The van der Waals surface area contributed by atoms with Crippen LogP contribution in [-0.2, 0) is 16.0 Å². The van der Waals surface area contributed by atoms with Crippen molar-refractivity contribution in [2.24, 2.45) is 0 Å². The van der Waals surface area contributed by atoms with Crippen molar-refractivity contribution < 1.29 is 14.7 Å². The molecule has 122 valence electrons. The SMILES string of the molecule is O=C(O)CCCCNC(=O)Cc1csc(-c2ccc(Cl)cc2)n1. The van der Waals surface area contributed by atoms with Crippen LogP contribution in [0.2, 0.25) is 5.02 Å². The summed E-state index contributed by atoms with van der Waals surface area (Å²) < 4.78 is 0. The number of carboxylic acid groups (broad SMARTS) is 1. The number of carbonyl (C=O) groups is 2. The number of unbranched alkanes of at least 4 members (excludes halogenated alkanes) is 1. The van der Waals surface area contributed by atoms with Gasteiger partial charge in [0, 0.05) is 28.9 Å². The number of carboxylic acids is 1. The molecule has 2 N–H and O–H groups in total. The number of aromatic nitrogens is 1. The highest BCUT2D eigenvalue weighted by Crippen LogP contribution is 2.25. The van der Waals surface area contributed by atoms with Gasteiger partial charge in [0.1, 0.15) is 5.01 Å². The summed E-state index contributed by atoms with van der Waals surface area (Å²) in [7, 11) is 0. The van der Waals surface area contributed by atoms with Crippen LogP contribution in [0.4, 0.5) is 0 Å². The Hall–Kier alpha value is -1.92. The van der Waals surface area contributed by atoms with Crippen molar-refractivity contribution in [2.75, 3.05) is 6.54 Å². The second kappa shape index (κ2) is 8.64. The quantitative estimate of drug-likeness (QED) is 0.714. The fraction of sp³-hybridized carbons (Fsp3) is 0.312. The van der Waals surface area contributed by atoms with E-state index in [-0.39, 0.29) is 18.7 Å². The van der Waals surface area contributed by atoms with E-state index in [0.717, 1.165) is 16.3 Å². The average molecular weight is 353 g/mol. The van der Waals surface area contributed by atoms with Gasteiger partial charge in [-0.25, -0.2) is 4.98 Å². The zero-order valence-corrected chi connectivity index (χ0v) is 14.0. The van der Waals surface area contributed by atoms with Crippen molar-refractivity contribution in [2.45, 2.75) is 25.7 Å². The van der Waals surface area contributed by atoms with E-state index in [0.29, 0.717) is 24.4 Å². The van der Waals surface area contributed by atoms with Gasteiger partial charge in [-0.3, -0.25) is 9.59 Å². The van der Waals surface area contributed by atoms with Gasteiger partial charge in [0.15, 0.2) is 0 Å². The Morgan fingerprint density at radius 3 is 2.65 bits per heavy atom. The van der Waals surface area contributed by atoms with E-state index in [1.165, 1.54) is 11.3 Å². The number of hydrogen-bond acceptors (Lipinski definition) is 4. The summed E-state index contributed by atoms with van der Waals surface area (Å²) in [5, 5.41) is 14.7. The molecule has 0 fully saturated rings. The van der Waals surface area contributed by atoms with Crippen LogP contribution in [-0.4, -0.2) is 28.5 Å². The summed E-state index contributed by atoms with van der Waals surface area (Å²) >= 11 is 7.35. The van der Waals surface area contributed by atoms with Gasteiger partial charge in [-0.2, -0.15) is 0 Å². The lowest BCUT2D eigenvalue weighted by Gasteiger charge is -2.03. The predicted octanol–water partition coefficient (Wildman–Crippen LogP) is 3.38. The summed E-state index contributed by atoms with van der Waals surface area (Å²) in [6.45, 7) is 0.486. The molecule has 0 unspecified atom stereocenters. The molecule has 0 spiro atoms. The van der Waals surface area contributed by atoms with Crippen molar-refractivity contribution in [3.05, 3.63) is 40.4 Å². The first-order valence-corrected chi connectivity index (χ1v) is 8.49. The summed E-state index contributed by atoms with van der Waals surface area (Å²) in [5.41, 5.74) is 1.70. The normalized spacial score (nSPS) is 10.5. The van der Waals surface area contributed by atoms with E-state index in [4.69, 9.17) is 16.7 Å². The van der Waals surface area contributed by atoms with Crippen LogP contribution >= 0.6 is 22.9 Å². The fourth-order valence-corrected chi connectivity index (χ4v) is 2.92. The molecule has 1 aromatic carbocycles. The van der Waals surface area contributed by atoms with Gasteiger partial charge >= 0.3 is 5.97 Å². The summed E-state index contributed by atoms with van der Waals surface area (Å²) in [5.74, 6) is -0.915. The van der Waals surface area contributed by atoms with Crippen molar-refractivity contribution in [3.8, 4) is 10.6 Å². The van der Waals surface area contributed by atoms with Gasteiger partial charge in [0.05, 0.1) is 12.1 Å². The van der Waals surface area contributed by atoms with Gasteiger partial charge in [0.2, 0.25) is 5.91 Å². The maximum Gasteiger partial charge on any atom is 0.303 e. The smallest absolute Gasteiger partial charge is 0.303 e. The average Bonchev–Trinajstić information content (AvgIpc) is 2.95. The molecule has 0 saturated carbocycles. The Balaban J connectivity index is 1.78. The minimum absolute atomic E-state index is 0.103. The molecular weight excluding hydrogens is 336 g/mol. The number of benzene rings is 1. The van der Waals surface area contributed by atoms with Crippen LogP contribution in [0.5, 0.6) is 0 Å². The maximum atomic E-state index is 11.8. The largest absolute Gasteiger partial charge is 0.481 e. The second-order valence-electron chi connectivity index (χ2n) is 5.03. The van der Waals surface area contributed by atoms with E-state index in [1.54, 1.807) is 0 Å². The minimum atomic E-state index is -0.812. The van der Waals surface area contributed by atoms with E-state index in [1.807, 2.05) is 29.6 Å². The van der Waals surface area contributed by atoms with Crippen LogP contribution < -0.4 is 5.32 Å². The molecule has 0 aliphatic carbocycles. The molecule has 0 aliphatic rings. The van der Waals surface area contributed by atoms with Crippen LogP contribution in [0, 0.1) is 0 Å². The first-order chi connectivity index (χ1) is 11.0. The van der Waals surface area contributed by atoms with Crippen LogP contribution in [0.25, 0.3) is 10.6 Å². The standard InChI is InChI=1S/C16H17ClN2O3S/c17-12-6-4-11(5-7-12)16-19-13(10-23-16)9-14(20)18-8-2-1-3-15(21)22/h4-7,10H,1-3,8-9H2,(H,18,20)(H,21,22). The van der Waals surface area contributed by atoms with Crippen LogP contribution in [0.15, 0.2) is 29.6 Å². The second-order valence-corrected chi connectivity index (χ2v) is 6.32. The predicted molar refractivity (Wildman–Crippen MR) is 90.8 cm³/mol. The summed E-state index contributed by atoms with van der Waals surface area (Å²) in [6, 6.07) is 7.41.